The van der Waals surface area contributed by atoms with E-state index >= 15 is 0 Å². The Balaban J connectivity index is 2.86. The predicted molar refractivity (Wildman–Crippen MR) is 84.8 cm³/mol. The first-order chi connectivity index (χ1) is 11.4. The number of carbonyl (C=O) groups is 4. The second-order valence-corrected chi connectivity index (χ2v) is 4.54. The minimum absolute atomic E-state index is 0.118. The van der Waals surface area contributed by atoms with Gasteiger partial charge >= 0.3 is 18.0 Å². The number of esters is 2. The molecular weight excluding hydrogens is 318 g/mol. The van der Waals surface area contributed by atoms with Gasteiger partial charge in [-0.15, -0.1) is 0 Å². The van der Waals surface area contributed by atoms with Crippen molar-refractivity contribution in [3.8, 4) is 0 Å². The van der Waals surface area contributed by atoms with Crippen LogP contribution in [-0.2, 0) is 14.3 Å². The Kier molecular flexibility index (Phi) is 7.21. The number of carbonyl (C=O) groups excluding carboxylic acids is 4. The summed E-state index contributed by atoms with van der Waals surface area (Å²) in [5, 5.41) is 7.25. The first-order valence-corrected chi connectivity index (χ1v) is 7.04. The first kappa shape index (κ1) is 18.9. The standard InChI is InChI=1S/C15H19N3O6/c1-4-16-15(22)18-12(19)8-17-11-6-9(13(20)23-2)5-10(7-11)14(21)24-3/h5-7,17H,4,8H2,1-3H3,(H2,16,18,19,22). The molecule has 130 valence electrons. The summed E-state index contributed by atoms with van der Waals surface area (Å²) < 4.78 is 9.23. The number of methoxy groups -OCH3 is 2. The van der Waals surface area contributed by atoms with Crippen LogP contribution < -0.4 is 16.0 Å². The molecule has 3 N–H and O–H groups in total. The molecule has 24 heavy (non-hydrogen) atoms. The fourth-order valence-corrected chi connectivity index (χ4v) is 1.76. The number of anilines is 1. The van der Waals surface area contributed by atoms with Crippen molar-refractivity contribution in [1.82, 2.24) is 10.6 Å². The third kappa shape index (κ3) is 5.59. The van der Waals surface area contributed by atoms with E-state index in [2.05, 4.69) is 25.4 Å². The molecule has 0 aliphatic heterocycles. The SMILES string of the molecule is CCNC(=O)NC(=O)CNc1cc(C(=O)OC)cc(C(=O)OC)c1. The average Bonchev–Trinajstić information content (AvgIpc) is 2.58. The van der Waals surface area contributed by atoms with Crippen LogP contribution in [0.2, 0.25) is 0 Å². The van der Waals surface area contributed by atoms with Gasteiger partial charge in [0.2, 0.25) is 5.91 Å². The molecule has 0 aliphatic carbocycles. The molecule has 0 radical (unpaired) electrons. The van der Waals surface area contributed by atoms with Gasteiger partial charge in [0.1, 0.15) is 0 Å². The minimum atomic E-state index is -0.643. The Hall–Kier alpha value is -3.10. The minimum Gasteiger partial charge on any atom is -0.465 e. The van der Waals surface area contributed by atoms with Crippen LogP contribution in [0.15, 0.2) is 18.2 Å². The molecule has 0 saturated carbocycles. The second kappa shape index (κ2) is 9.13. The quantitative estimate of drug-likeness (QED) is 0.647. The van der Waals surface area contributed by atoms with Crippen molar-refractivity contribution in [2.45, 2.75) is 6.92 Å². The number of ether oxygens (including phenoxy) is 2. The Morgan fingerprint density at radius 2 is 1.50 bits per heavy atom. The molecule has 1 aromatic rings. The van der Waals surface area contributed by atoms with E-state index in [-0.39, 0.29) is 17.7 Å². The van der Waals surface area contributed by atoms with Crippen LogP contribution in [0.4, 0.5) is 10.5 Å². The molecule has 0 fully saturated rings. The van der Waals surface area contributed by atoms with Gasteiger partial charge < -0.3 is 20.1 Å². The van der Waals surface area contributed by atoms with E-state index in [9.17, 15) is 19.2 Å². The van der Waals surface area contributed by atoms with Crippen molar-refractivity contribution in [1.29, 1.82) is 0 Å². The van der Waals surface area contributed by atoms with Gasteiger partial charge in [-0.3, -0.25) is 10.1 Å². The van der Waals surface area contributed by atoms with Gasteiger partial charge in [0, 0.05) is 12.2 Å². The topological polar surface area (TPSA) is 123 Å². The number of nitrogens with one attached hydrogen (secondary N) is 3. The summed E-state index contributed by atoms with van der Waals surface area (Å²) in [5.74, 6) is -1.87. The second-order valence-electron chi connectivity index (χ2n) is 4.54. The zero-order valence-corrected chi connectivity index (χ0v) is 13.6. The summed E-state index contributed by atoms with van der Waals surface area (Å²) in [4.78, 5) is 46.2. The third-order valence-electron chi connectivity index (χ3n) is 2.82. The van der Waals surface area contributed by atoms with Gasteiger partial charge in [-0.2, -0.15) is 0 Å². The number of benzene rings is 1. The van der Waals surface area contributed by atoms with Crippen molar-refractivity contribution in [2.24, 2.45) is 0 Å². The highest BCUT2D eigenvalue weighted by Gasteiger charge is 2.14. The van der Waals surface area contributed by atoms with E-state index < -0.39 is 23.9 Å². The predicted octanol–water partition coefficient (Wildman–Crippen LogP) is 0.517. The molecule has 3 amide bonds. The zero-order chi connectivity index (χ0) is 18.1. The lowest BCUT2D eigenvalue weighted by molar-refractivity contribution is -0.118. The van der Waals surface area contributed by atoms with Gasteiger partial charge in [-0.25, -0.2) is 14.4 Å². The highest BCUT2D eigenvalue weighted by Crippen LogP contribution is 2.16. The first-order valence-electron chi connectivity index (χ1n) is 7.04. The number of urea groups is 1. The van der Waals surface area contributed by atoms with Crippen molar-refractivity contribution in [3.05, 3.63) is 29.3 Å². The Morgan fingerprint density at radius 3 is 1.96 bits per heavy atom. The van der Waals surface area contributed by atoms with Crippen LogP contribution in [0.1, 0.15) is 27.6 Å². The summed E-state index contributed by atoms with van der Waals surface area (Å²) in [7, 11) is 2.42. The molecule has 0 unspecified atom stereocenters. The summed E-state index contributed by atoms with van der Waals surface area (Å²) in [5.41, 5.74) is 0.559. The number of hydrogen-bond acceptors (Lipinski definition) is 7. The lowest BCUT2D eigenvalue weighted by atomic mass is 10.1. The lowest BCUT2D eigenvalue weighted by Gasteiger charge is -2.10. The number of rotatable bonds is 6. The molecule has 0 aliphatic rings. The number of hydrogen-bond donors (Lipinski definition) is 3. The van der Waals surface area contributed by atoms with Crippen LogP contribution in [0.25, 0.3) is 0 Å². The molecule has 9 nitrogen and oxygen atoms in total. The largest absolute Gasteiger partial charge is 0.465 e. The molecule has 0 heterocycles. The Labute approximate surface area is 138 Å². The molecule has 0 bridgehead atoms. The van der Waals surface area contributed by atoms with E-state index in [4.69, 9.17) is 0 Å². The maximum absolute atomic E-state index is 11.7. The fraction of sp³-hybridized carbons (Fsp3) is 0.333. The highest BCUT2D eigenvalue weighted by atomic mass is 16.5. The van der Waals surface area contributed by atoms with Crippen molar-refractivity contribution >= 4 is 29.6 Å². The van der Waals surface area contributed by atoms with E-state index in [0.29, 0.717) is 12.2 Å². The molecule has 0 aromatic heterocycles. The van der Waals surface area contributed by atoms with Crippen molar-refractivity contribution in [3.63, 3.8) is 0 Å². The van der Waals surface area contributed by atoms with Crippen LogP contribution in [-0.4, -0.2) is 51.2 Å². The maximum atomic E-state index is 11.7. The normalized spacial score (nSPS) is 9.62. The summed E-state index contributed by atoms with van der Waals surface area (Å²) >= 11 is 0. The van der Waals surface area contributed by atoms with Crippen LogP contribution >= 0.6 is 0 Å². The van der Waals surface area contributed by atoms with E-state index in [1.165, 1.54) is 32.4 Å². The molecule has 1 aromatic carbocycles. The van der Waals surface area contributed by atoms with E-state index in [0.717, 1.165) is 0 Å². The summed E-state index contributed by atoms with van der Waals surface area (Å²) in [6, 6.07) is 3.54. The lowest BCUT2D eigenvalue weighted by Crippen LogP contribution is -2.41. The van der Waals surface area contributed by atoms with Crippen molar-refractivity contribution in [2.75, 3.05) is 32.6 Å². The van der Waals surface area contributed by atoms with E-state index in [1.54, 1.807) is 6.92 Å². The molecular formula is C15H19N3O6. The molecule has 0 saturated heterocycles. The smallest absolute Gasteiger partial charge is 0.337 e. The van der Waals surface area contributed by atoms with Gasteiger partial charge in [-0.05, 0) is 25.1 Å². The van der Waals surface area contributed by atoms with Gasteiger partial charge in [0.05, 0.1) is 31.9 Å². The third-order valence-corrected chi connectivity index (χ3v) is 2.82. The van der Waals surface area contributed by atoms with Gasteiger partial charge in [0.15, 0.2) is 0 Å². The zero-order valence-electron chi connectivity index (χ0n) is 13.6. The van der Waals surface area contributed by atoms with Crippen LogP contribution in [0, 0.1) is 0 Å². The molecule has 9 heteroatoms. The maximum Gasteiger partial charge on any atom is 0.337 e. The molecule has 0 spiro atoms. The Bertz CT molecular complexity index is 610. The Morgan fingerprint density at radius 1 is 0.958 bits per heavy atom. The monoisotopic (exact) mass is 337 g/mol. The van der Waals surface area contributed by atoms with Crippen LogP contribution in [0.3, 0.4) is 0 Å². The van der Waals surface area contributed by atoms with Crippen molar-refractivity contribution < 1.29 is 28.7 Å². The fourth-order valence-electron chi connectivity index (χ4n) is 1.76. The van der Waals surface area contributed by atoms with Gasteiger partial charge in [0.25, 0.3) is 0 Å². The van der Waals surface area contributed by atoms with Gasteiger partial charge in [-0.1, -0.05) is 0 Å². The number of amides is 3. The number of imide groups is 1. The summed E-state index contributed by atoms with van der Waals surface area (Å²) in [6.45, 7) is 1.87. The average molecular weight is 337 g/mol. The molecule has 1 rings (SSSR count). The van der Waals surface area contributed by atoms with Crippen LogP contribution in [0.5, 0.6) is 0 Å². The highest BCUT2D eigenvalue weighted by molar-refractivity contribution is 5.98. The van der Waals surface area contributed by atoms with E-state index in [1.807, 2.05) is 0 Å². The summed E-state index contributed by atoms with van der Waals surface area (Å²) in [6.07, 6.45) is 0. The molecule has 0 atom stereocenters.